The van der Waals surface area contributed by atoms with E-state index in [1.54, 1.807) is 55.5 Å². The molecule has 3 aromatic carbocycles. The molecule has 0 aliphatic carbocycles. The number of ether oxygens (including phenoxy) is 4. The molecule has 0 fully saturated rings. The molecule has 0 radical (unpaired) electrons. The van der Waals surface area contributed by atoms with Crippen LogP contribution in [-0.2, 0) is 4.74 Å². The third kappa shape index (κ3) is 6.10. The highest BCUT2D eigenvalue weighted by Crippen LogP contribution is 2.17. The molecule has 6 heteroatoms. The molecule has 0 heterocycles. The second-order valence-electron chi connectivity index (χ2n) is 6.17. The molecule has 0 aromatic heterocycles. The van der Waals surface area contributed by atoms with Crippen LogP contribution in [0.5, 0.6) is 17.2 Å². The van der Waals surface area contributed by atoms with Gasteiger partial charge in [0.15, 0.2) is 0 Å². The molecule has 0 aliphatic rings. The Morgan fingerprint density at radius 3 is 1.70 bits per heavy atom. The van der Waals surface area contributed by atoms with Gasteiger partial charge in [0, 0.05) is 0 Å². The van der Waals surface area contributed by atoms with Gasteiger partial charge >= 0.3 is 11.9 Å². The minimum absolute atomic E-state index is 0.301. The summed E-state index contributed by atoms with van der Waals surface area (Å²) in [5, 5.41) is 0. The molecule has 0 amide bonds. The van der Waals surface area contributed by atoms with Crippen LogP contribution in [0.3, 0.4) is 0 Å². The summed E-state index contributed by atoms with van der Waals surface area (Å²) in [4.78, 5) is 23.9. The Balaban J connectivity index is 1.47. The van der Waals surface area contributed by atoms with Gasteiger partial charge in [-0.15, -0.1) is 0 Å². The highest BCUT2D eigenvalue weighted by Gasteiger charge is 2.11. The molecule has 0 spiro atoms. The van der Waals surface area contributed by atoms with Crippen molar-refractivity contribution in [3.05, 3.63) is 90.0 Å². The fraction of sp³-hybridized carbons (Fsp3) is 0.167. The average molecular weight is 406 g/mol. The Morgan fingerprint density at radius 1 is 0.633 bits per heavy atom. The highest BCUT2D eigenvalue weighted by molar-refractivity contribution is 5.92. The first-order chi connectivity index (χ1) is 14.7. The van der Waals surface area contributed by atoms with E-state index < -0.39 is 11.9 Å². The summed E-state index contributed by atoms with van der Waals surface area (Å²) in [6.45, 7) is 2.83. The summed E-state index contributed by atoms with van der Waals surface area (Å²) >= 11 is 0. The zero-order valence-electron chi connectivity index (χ0n) is 16.6. The monoisotopic (exact) mass is 406 g/mol. The van der Waals surface area contributed by atoms with Gasteiger partial charge in [-0.25, -0.2) is 9.59 Å². The molecular weight excluding hydrogens is 384 g/mol. The van der Waals surface area contributed by atoms with E-state index in [1.807, 2.05) is 30.3 Å². The lowest BCUT2D eigenvalue weighted by Crippen LogP contribution is -2.10. The first-order valence-electron chi connectivity index (χ1n) is 9.56. The first-order valence-corrected chi connectivity index (χ1v) is 9.56. The zero-order valence-corrected chi connectivity index (χ0v) is 16.6. The number of hydrogen-bond donors (Lipinski definition) is 0. The van der Waals surface area contributed by atoms with Crippen LogP contribution in [0.15, 0.2) is 78.9 Å². The molecule has 0 N–H and O–H groups in total. The van der Waals surface area contributed by atoms with Crippen molar-refractivity contribution in [1.82, 2.24) is 0 Å². The smallest absolute Gasteiger partial charge is 0.343 e. The summed E-state index contributed by atoms with van der Waals surface area (Å²) < 4.78 is 21.4. The number of benzene rings is 3. The summed E-state index contributed by atoms with van der Waals surface area (Å²) in [7, 11) is 0. The molecule has 0 atom stereocenters. The number of rotatable bonds is 9. The van der Waals surface area contributed by atoms with E-state index in [1.165, 1.54) is 0 Å². The molecule has 3 aromatic rings. The van der Waals surface area contributed by atoms with Gasteiger partial charge in [-0.3, -0.25) is 0 Å². The van der Waals surface area contributed by atoms with Crippen LogP contribution < -0.4 is 14.2 Å². The zero-order chi connectivity index (χ0) is 21.2. The third-order valence-corrected chi connectivity index (χ3v) is 4.03. The Morgan fingerprint density at radius 2 is 1.13 bits per heavy atom. The van der Waals surface area contributed by atoms with Gasteiger partial charge in [0.05, 0.1) is 17.7 Å². The first kappa shape index (κ1) is 20.9. The molecule has 3 rings (SSSR count). The topological polar surface area (TPSA) is 71.1 Å². The molecule has 0 aliphatic heterocycles. The Kier molecular flexibility index (Phi) is 7.44. The fourth-order valence-corrected chi connectivity index (χ4v) is 2.56. The van der Waals surface area contributed by atoms with Crippen molar-refractivity contribution in [2.75, 3.05) is 19.8 Å². The number of carbonyl (C=O) groups is 2. The standard InChI is InChI=1S/C24H22O6/c1-2-27-23(25)18-10-14-22(15-11-18)30-24(26)19-8-12-21(13-9-19)29-17-16-28-20-6-4-3-5-7-20/h3-15H,2,16-17H2,1H3. The molecular formula is C24H22O6. The summed E-state index contributed by atoms with van der Waals surface area (Å²) in [5.74, 6) is 0.834. The van der Waals surface area contributed by atoms with E-state index in [-0.39, 0.29) is 0 Å². The summed E-state index contributed by atoms with van der Waals surface area (Å²) in [6.07, 6.45) is 0. The largest absolute Gasteiger partial charge is 0.490 e. The van der Waals surface area contributed by atoms with Crippen molar-refractivity contribution >= 4 is 11.9 Å². The van der Waals surface area contributed by atoms with Crippen LogP contribution in [0.25, 0.3) is 0 Å². The van der Waals surface area contributed by atoms with Gasteiger partial charge in [-0.1, -0.05) is 18.2 Å². The van der Waals surface area contributed by atoms with E-state index in [0.29, 0.717) is 42.4 Å². The minimum Gasteiger partial charge on any atom is -0.490 e. The van der Waals surface area contributed by atoms with E-state index in [4.69, 9.17) is 18.9 Å². The van der Waals surface area contributed by atoms with Crippen molar-refractivity contribution in [3.8, 4) is 17.2 Å². The summed E-state index contributed by atoms with van der Waals surface area (Å²) in [5.41, 5.74) is 0.784. The number of hydrogen-bond acceptors (Lipinski definition) is 6. The van der Waals surface area contributed by atoms with Gasteiger partial charge in [0.25, 0.3) is 0 Å². The average Bonchev–Trinajstić information content (AvgIpc) is 2.78. The van der Waals surface area contributed by atoms with E-state index >= 15 is 0 Å². The maximum atomic E-state index is 12.3. The van der Waals surface area contributed by atoms with E-state index in [2.05, 4.69) is 0 Å². The third-order valence-electron chi connectivity index (χ3n) is 4.03. The van der Waals surface area contributed by atoms with Crippen LogP contribution >= 0.6 is 0 Å². The lowest BCUT2D eigenvalue weighted by molar-refractivity contribution is 0.0526. The Bertz CT molecular complexity index is 949. The van der Waals surface area contributed by atoms with Crippen molar-refractivity contribution in [2.24, 2.45) is 0 Å². The van der Waals surface area contributed by atoms with Gasteiger partial charge < -0.3 is 18.9 Å². The predicted molar refractivity (Wildman–Crippen MR) is 111 cm³/mol. The fourth-order valence-electron chi connectivity index (χ4n) is 2.56. The number of para-hydroxylation sites is 1. The Labute approximate surface area is 175 Å². The van der Waals surface area contributed by atoms with Crippen LogP contribution in [-0.4, -0.2) is 31.8 Å². The normalized spacial score (nSPS) is 10.2. The SMILES string of the molecule is CCOC(=O)c1ccc(OC(=O)c2ccc(OCCOc3ccccc3)cc2)cc1. The van der Waals surface area contributed by atoms with Crippen molar-refractivity contribution < 1.29 is 28.5 Å². The quantitative estimate of drug-likeness (QED) is 0.295. The van der Waals surface area contributed by atoms with Crippen molar-refractivity contribution in [1.29, 1.82) is 0 Å². The van der Waals surface area contributed by atoms with Gasteiger partial charge in [-0.05, 0) is 67.6 Å². The Hall–Kier alpha value is -3.80. The molecule has 0 saturated carbocycles. The second-order valence-corrected chi connectivity index (χ2v) is 6.17. The molecule has 154 valence electrons. The molecule has 6 nitrogen and oxygen atoms in total. The second kappa shape index (κ2) is 10.7. The lowest BCUT2D eigenvalue weighted by atomic mass is 10.2. The lowest BCUT2D eigenvalue weighted by Gasteiger charge is -2.09. The highest BCUT2D eigenvalue weighted by atomic mass is 16.5. The van der Waals surface area contributed by atoms with Crippen LogP contribution in [0.4, 0.5) is 0 Å². The van der Waals surface area contributed by atoms with Crippen LogP contribution in [0.1, 0.15) is 27.6 Å². The van der Waals surface area contributed by atoms with E-state index in [0.717, 1.165) is 5.75 Å². The maximum absolute atomic E-state index is 12.3. The van der Waals surface area contributed by atoms with Gasteiger partial charge in [0.2, 0.25) is 0 Å². The van der Waals surface area contributed by atoms with Crippen molar-refractivity contribution in [3.63, 3.8) is 0 Å². The van der Waals surface area contributed by atoms with Crippen LogP contribution in [0.2, 0.25) is 0 Å². The molecule has 0 bridgehead atoms. The van der Waals surface area contributed by atoms with Gasteiger partial charge in [-0.2, -0.15) is 0 Å². The molecule has 30 heavy (non-hydrogen) atoms. The van der Waals surface area contributed by atoms with Crippen LogP contribution in [0, 0.1) is 0 Å². The minimum atomic E-state index is -0.502. The predicted octanol–water partition coefficient (Wildman–Crippen LogP) is 4.54. The molecule has 0 unspecified atom stereocenters. The number of esters is 2. The summed E-state index contributed by atoms with van der Waals surface area (Å²) in [6, 6.07) is 22.3. The maximum Gasteiger partial charge on any atom is 0.343 e. The van der Waals surface area contributed by atoms with E-state index in [9.17, 15) is 9.59 Å². The molecule has 0 saturated heterocycles. The van der Waals surface area contributed by atoms with Gasteiger partial charge in [0.1, 0.15) is 30.5 Å². The number of carbonyl (C=O) groups excluding carboxylic acids is 2. The van der Waals surface area contributed by atoms with Crippen molar-refractivity contribution in [2.45, 2.75) is 6.92 Å².